The van der Waals surface area contributed by atoms with Crippen LogP contribution in [0.3, 0.4) is 0 Å². The molecule has 0 aliphatic carbocycles. The maximum absolute atomic E-state index is 11.8. The van der Waals surface area contributed by atoms with Gasteiger partial charge >= 0.3 is 0 Å². The molecule has 1 aromatic rings. The molecule has 1 aromatic heterocycles. The van der Waals surface area contributed by atoms with Crippen LogP contribution in [0.25, 0.3) is 0 Å². The monoisotopic (exact) mass is 289 g/mol. The highest BCUT2D eigenvalue weighted by Crippen LogP contribution is 2.10. The number of aromatic nitrogens is 1. The Hall–Kier alpha value is -0.840. The summed E-state index contributed by atoms with van der Waals surface area (Å²) in [6, 6.07) is 5.06. The van der Waals surface area contributed by atoms with E-state index in [0.717, 1.165) is 25.9 Å². The van der Waals surface area contributed by atoms with E-state index in [0.29, 0.717) is 23.3 Å². The van der Waals surface area contributed by atoms with E-state index in [1.54, 1.807) is 18.2 Å². The highest BCUT2D eigenvalue weighted by atomic mass is 35.5. The Morgan fingerprint density at radius 2 is 2.17 bits per heavy atom. The molecule has 2 rings (SSSR count). The Kier molecular flexibility index (Phi) is 6.39. The van der Waals surface area contributed by atoms with Crippen molar-refractivity contribution in [1.82, 2.24) is 15.6 Å². The molecule has 0 saturated carbocycles. The second-order valence-electron chi connectivity index (χ2n) is 4.25. The summed E-state index contributed by atoms with van der Waals surface area (Å²) in [7, 11) is 0. The number of carbonyl (C=O) groups excluding carboxylic acids is 1. The van der Waals surface area contributed by atoms with E-state index in [1.807, 2.05) is 0 Å². The predicted octanol–water partition coefficient (Wildman–Crippen LogP) is 1.89. The summed E-state index contributed by atoms with van der Waals surface area (Å²) in [6.07, 6.45) is 2.23. The first-order valence-corrected chi connectivity index (χ1v) is 6.25. The summed E-state index contributed by atoms with van der Waals surface area (Å²) in [6.45, 7) is 2.79. The van der Waals surface area contributed by atoms with E-state index >= 15 is 0 Å². The number of hydrogen-bond donors (Lipinski definition) is 2. The molecular formula is C12H17Cl2N3O. The summed E-state index contributed by atoms with van der Waals surface area (Å²) < 4.78 is 0. The van der Waals surface area contributed by atoms with Gasteiger partial charge < -0.3 is 10.6 Å². The number of rotatable bonds is 3. The van der Waals surface area contributed by atoms with Crippen molar-refractivity contribution in [2.75, 3.05) is 19.6 Å². The van der Waals surface area contributed by atoms with Crippen molar-refractivity contribution in [2.24, 2.45) is 5.92 Å². The Bertz CT molecular complexity index is 395. The molecule has 6 heteroatoms. The summed E-state index contributed by atoms with van der Waals surface area (Å²) in [4.78, 5) is 15.8. The molecule has 1 fully saturated rings. The standard InChI is InChI=1S/C12H16ClN3O.ClH/c13-11-3-1-2-10(16-11)12(17)15-8-9-4-6-14-7-5-9;/h1-3,9,14H,4-8H2,(H,15,17);1H. The molecule has 0 aromatic carbocycles. The molecule has 0 radical (unpaired) electrons. The molecule has 100 valence electrons. The van der Waals surface area contributed by atoms with Crippen molar-refractivity contribution in [3.05, 3.63) is 29.0 Å². The lowest BCUT2D eigenvalue weighted by atomic mass is 9.98. The van der Waals surface area contributed by atoms with Crippen LogP contribution in [-0.4, -0.2) is 30.5 Å². The molecule has 1 amide bonds. The minimum atomic E-state index is -0.147. The van der Waals surface area contributed by atoms with Crippen molar-refractivity contribution >= 4 is 29.9 Å². The fourth-order valence-corrected chi connectivity index (χ4v) is 2.11. The Balaban J connectivity index is 0.00000162. The van der Waals surface area contributed by atoms with Crippen LogP contribution in [0.4, 0.5) is 0 Å². The maximum Gasteiger partial charge on any atom is 0.269 e. The van der Waals surface area contributed by atoms with E-state index in [2.05, 4.69) is 15.6 Å². The van der Waals surface area contributed by atoms with Crippen LogP contribution in [0.5, 0.6) is 0 Å². The Labute approximate surface area is 118 Å². The first kappa shape index (κ1) is 15.2. The zero-order chi connectivity index (χ0) is 12.1. The minimum absolute atomic E-state index is 0. The van der Waals surface area contributed by atoms with Crippen LogP contribution in [0, 0.1) is 5.92 Å². The third-order valence-electron chi connectivity index (χ3n) is 2.96. The van der Waals surface area contributed by atoms with E-state index in [9.17, 15) is 4.79 Å². The van der Waals surface area contributed by atoms with Crippen LogP contribution in [0.15, 0.2) is 18.2 Å². The average molecular weight is 290 g/mol. The first-order valence-electron chi connectivity index (χ1n) is 5.87. The van der Waals surface area contributed by atoms with Crippen molar-refractivity contribution in [1.29, 1.82) is 0 Å². The smallest absolute Gasteiger partial charge is 0.269 e. The van der Waals surface area contributed by atoms with E-state index in [1.165, 1.54) is 0 Å². The molecule has 1 aliphatic rings. The van der Waals surface area contributed by atoms with Gasteiger partial charge in [-0.3, -0.25) is 4.79 Å². The molecule has 1 saturated heterocycles. The van der Waals surface area contributed by atoms with Crippen LogP contribution in [-0.2, 0) is 0 Å². The largest absolute Gasteiger partial charge is 0.350 e. The van der Waals surface area contributed by atoms with Crippen LogP contribution >= 0.6 is 24.0 Å². The lowest BCUT2D eigenvalue weighted by Crippen LogP contribution is -2.36. The number of hydrogen-bond acceptors (Lipinski definition) is 3. The Morgan fingerprint density at radius 3 is 2.83 bits per heavy atom. The number of nitrogens with one attached hydrogen (secondary N) is 2. The zero-order valence-electron chi connectivity index (χ0n) is 9.99. The first-order chi connectivity index (χ1) is 8.25. The molecule has 2 N–H and O–H groups in total. The molecule has 2 heterocycles. The van der Waals surface area contributed by atoms with Crippen molar-refractivity contribution in [2.45, 2.75) is 12.8 Å². The lowest BCUT2D eigenvalue weighted by molar-refractivity contribution is 0.0939. The van der Waals surface area contributed by atoms with Gasteiger partial charge in [0.25, 0.3) is 5.91 Å². The van der Waals surface area contributed by atoms with Gasteiger partial charge in [0.2, 0.25) is 0 Å². The number of halogens is 2. The van der Waals surface area contributed by atoms with Gasteiger partial charge in [-0.1, -0.05) is 17.7 Å². The topological polar surface area (TPSA) is 54.0 Å². The highest BCUT2D eigenvalue weighted by Gasteiger charge is 2.15. The fraction of sp³-hybridized carbons (Fsp3) is 0.500. The summed E-state index contributed by atoms with van der Waals surface area (Å²) in [5.41, 5.74) is 0.381. The second kappa shape index (κ2) is 7.56. The van der Waals surface area contributed by atoms with Crippen molar-refractivity contribution in [3.63, 3.8) is 0 Å². The van der Waals surface area contributed by atoms with E-state index < -0.39 is 0 Å². The maximum atomic E-state index is 11.8. The minimum Gasteiger partial charge on any atom is -0.350 e. The molecule has 0 spiro atoms. The van der Waals surface area contributed by atoms with Gasteiger partial charge in [0.05, 0.1) is 0 Å². The highest BCUT2D eigenvalue weighted by molar-refractivity contribution is 6.29. The van der Waals surface area contributed by atoms with Crippen LogP contribution in [0.2, 0.25) is 5.15 Å². The third-order valence-corrected chi connectivity index (χ3v) is 3.17. The summed E-state index contributed by atoms with van der Waals surface area (Å²) in [5.74, 6) is 0.422. The number of amides is 1. The zero-order valence-corrected chi connectivity index (χ0v) is 11.6. The molecule has 0 atom stereocenters. The molecule has 18 heavy (non-hydrogen) atoms. The lowest BCUT2D eigenvalue weighted by Gasteiger charge is -2.22. The number of carbonyl (C=O) groups is 1. The van der Waals surface area contributed by atoms with Gasteiger partial charge in [0.1, 0.15) is 10.8 Å². The Morgan fingerprint density at radius 1 is 1.44 bits per heavy atom. The fourth-order valence-electron chi connectivity index (χ4n) is 1.95. The second-order valence-corrected chi connectivity index (χ2v) is 4.64. The van der Waals surface area contributed by atoms with Gasteiger partial charge in [0, 0.05) is 6.54 Å². The molecule has 0 unspecified atom stereocenters. The number of pyridine rings is 1. The molecular weight excluding hydrogens is 273 g/mol. The SMILES string of the molecule is Cl.O=C(NCC1CCNCC1)c1cccc(Cl)n1. The van der Waals surface area contributed by atoms with Gasteiger partial charge in [-0.25, -0.2) is 4.98 Å². The summed E-state index contributed by atoms with van der Waals surface area (Å²) in [5, 5.41) is 6.55. The van der Waals surface area contributed by atoms with Gasteiger partial charge in [-0.05, 0) is 44.0 Å². The number of piperidine rings is 1. The van der Waals surface area contributed by atoms with E-state index in [4.69, 9.17) is 11.6 Å². The number of nitrogens with zero attached hydrogens (tertiary/aromatic N) is 1. The van der Waals surface area contributed by atoms with Gasteiger partial charge in [-0.15, -0.1) is 12.4 Å². The van der Waals surface area contributed by atoms with E-state index in [-0.39, 0.29) is 18.3 Å². The average Bonchev–Trinajstić information content (AvgIpc) is 2.37. The van der Waals surface area contributed by atoms with Gasteiger partial charge in [0.15, 0.2) is 0 Å². The summed E-state index contributed by atoms with van der Waals surface area (Å²) >= 11 is 5.74. The van der Waals surface area contributed by atoms with Crippen molar-refractivity contribution in [3.8, 4) is 0 Å². The normalized spacial score (nSPS) is 15.8. The van der Waals surface area contributed by atoms with Crippen LogP contribution in [0.1, 0.15) is 23.3 Å². The molecule has 4 nitrogen and oxygen atoms in total. The molecule has 1 aliphatic heterocycles. The predicted molar refractivity (Wildman–Crippen MR) is 74.4 cm³/mol. The van der Waals surface area contributed by atoms with Crippen LogP contribution < -0.4 is 10.6 Å². The molecule has 0 bridgehead atoms. The van der Waals surface area contributed by atoms with Crippen molar-refractivity contribution < 1.29 is 4.79 Å². The quantitative estimate of drug-likeness (QED) is 0.836. The van der Waals surface area contributed by atoms with Gasteiger partial charge in [-0.2, -0.15) is 0 Å². The third kappa shape index (κ3) is 4.44.